The molecule has 6 heteroatoms. The summed E-state index contributed by atoms with van der Waals surface area (Å²) in [5.41, 5.74) is 6.57. The second-order valence-corrected chi connectivity index (χ2v) is 6.15. The van der Waals surface area contributed by atoms with Crippen LogP contribution in [0, 0.1) is 0 Å². The maximum Gasteiger partial charge on any atom is 0.263 e. The van der Waals surface area contributed by atoms with E-state index in [-0.39, 0.29) is 12.0 Å². The topological polar surface area (TPSA) is 77.2 Å². The van der Waals surface area contributed by atoms with Crippen molar-refractivity contribution in [1.82, 2.24) is 10.3 Å². The van der Waals surface area contributed by atoms with Crippen molar-refractivity contribution < 1.29 is 9.53 Å². The zero-order valence-electron chi connectivity index (χ0n) is 12.4. The Hall–Kier alpha value is -1.66. The predicted octanol–water partition coefficient (Wildman–Crippen LogP) is 2.81. The number of nitrogens with zero attached hydrogens (tertiary/aromatic N) is 1. The van der Waals surface area contributed by atoms with E-state index in [2.05, 4.69) is 10.3 Å². The van der Waals surface area contributed by atoms with Gasteiger partial charge in [-0.1, -0.05) is 0 Å². The van der Waals surface area contributed by atoms with Crippen molar-refractivity contribution in [3.05, 3.63) is 23.3 Å². The molecule has 0 aliphatic carbocycles. The zero-order chi connectivity index (χ0) is 15.2. The summed E-state index contributed by atoms with van der Waals surface area (Å²) in [6.45, 7) is 5.39. The smallest absolute Gasteiger partial charge is 0.263 e. The fraction of sp³-hybridized carbons (Fsp3) is 0.467. The third-order valence-electron chi connectivity index (χ3n) is 3.05. The number of ether oxygens (including phenoxy) is 1. The van der Waals surface area contributed by atoms with Crippen LogP contribution in [-0.2, 0) is 4.74 Å². The average Bonchev–Trinajstić information content (AvgIpc) is 2.80. The number of pyridine rings is 1. The van der Waals surface area contributed by atoms with E-state index in [1.165, 1.54) is 11.3 Å². The maximum absolute atomic E-state index is 12.1. The normalized spacial score (nSPS) is 11.2. The Morgan fingerprint density at radius 1 is 1.48 bits per heavy atom. The number of hydrogen-bond acceptors (Lipinski definition) is 5. The van der Waals surface area contributed by atoms with E-state index >= 15 is 0 Å². The lowest BCUT2D eigenvalue weighted by atomic mass is 10.2. The number of hydrogen-bond donors (Lipinski definition) is 2. The standard InChI is InChI=1S/C15H21N3O2S/c1-10(2)20-8-4-3-6-18-15(19)14-13(16)11-5-7-17-9-12(11)21-14/h5,7,9-10H,3-4,6,8,16H2,1-2H3,(H,18,19). The number of nitrogens with two attached hydrogens (primary N) is 1. The van der Waals surface area contributed by atoms with Gasteiger partial charge in [0.2, 0.25) is 0 Å². The first-order chi connectivity index (χ1) is 10.1. The molecular formula is C15H21N3O2S. The summed E-state index contributed by atoms with van der Waals surface area (Å²) in [4.78, 5) is 16.8. The van der Waals surface area contributed by atoms with Gasteiger partial charge in [-0.15, -0.1) is 11.3 Å². The molecule has 0 atom stereocenters. The van der Waals surface area contributed by atoms with E-state index in [9.17, 15) is 4.79 Å². The molecule has 2 rings (SSSR count). The quantitative estimate of drug-likeness (QED) is 0.771. The second-order valence-electron chi connectivity index (χ2n) is 5.10. The fourth-order valence-electron chi connectivity index (χ4n) is 1.97. The molecule has 5 nitrogen and oxygen atoms in total. The summed E-state index contributed by atoms with van der Waals surface area (Å²) in [6.07, 6.45) is 5.50. The third kappa shape index (κ3) is 4.15. The highest BCUT2D eigenvalue weighted by Crippen LogP contribution is 2.32. The average molecular weight is 307 g/mol. The molecule has 0 radical (unpaired) electrons. The summed E-state index contributed by atoms with van der Waals surface area (Å²) in [6, 6.07) is 1.83. The van der Waals surface area contributed by atoms with Crippen molar-refractivity contribution >= 4 is 33.0 Å². The van der Waals surface area contributed by atoms with Crippen LogP contribution in [0.2, 0.25) is 0 Å². The largest absolute Gasteiger partial charge is 0.397 e. The lowest BCUT2D eigenvalue weighted by Crippen LogP contribution is -2.24. The van der Waals surface area contributed by atoms with Crippen LogP contribution < -0.4 is 11.1 Å². The number of rotatable bonds is 7. The van der Waals surface area contributed by atoms with Gasteiger partial charge in [-0.05, 0) is 32.8 Å². The molecule has 114 valence electrons. The van der Waals surface area contributed by atoms with Crippen molar-refractivity contribution in [2.75, 3.05) is 18.9 Å². The molecule has 0 aliphatic heterocycles. The highest BCUT2D eigenvalue weighted by molar-refractivity contribution is 7.21. The minimum absolute atomic E-state index is 0.113. The number of fused-ring (bicyclic) bond motifs is 1. The zero-order valence-corrected chi connectivity index (χ0v) is 13.2. The van der Waals surface area contributed by atoms with Crippen LogP contribution in [0.1, 0.15) is 36.4 Å². The van der Waals surface area contributed by atoms with Gasteiger partial charge in [0, 0.05) is 30.9 Å². The van der Waals surface area contributed by atoms with Crippen molar-refractivity contribution in [2.24, 2.45) is 0 Å². The van der Waals surface area contributed by atoms with Crippen molar-refractivity contribution in [2.45, 2.75) is 32.8 Å². The molecule has 21 heavy (non-hydrogen) atoms. The summed E-state index contributed by atoms with van der Waals surface area (Å²) in [5.74, 6) is -0.113. The van der Waals surface area contributed by atoms with Crippen molar-refractivity contribution in [3.8, 4) is 0 Å². The maximum atomic E-state index is 12.1. The van der Waals surface area contributed by atoms with Gasteiger partial charge in [-0.25, -0.2) is 0 Å². The number of carbonyl (C=O) groups excluding carboxylic acids is 1. The van der Waals surface area contributed by atoms with Crippen LogP contribution in [0.15, 0.2) is 18.5 Å². The minimum atomic E-state index is -0.113. The van der Waals surface area contributed by atoms with Gasteiger partial charge < -0.3 is 15.8 Å². The molecule has 0 fully saturated rings. The number of amides is 1. The molecule has 0 saturated carbocycles. The fourth-order valence-corrected chi connectivity index (χ4v) is 2.97. The predicted molar refractivity (Wildman–Crippen MR) is 86.7 cm³/mol. The Bertz CT molecular complexity index is 610. The van der Waals surface area contributed by atoms with Gasteiger partial charge in [0.15, 0.2) is 0 Å². The van der Waals surface area contributed by atoms with Crippen LogP contribution >= 0.6 is 11.3 Å². The van der Waals surface area contributed by atoms with Crippen LogP contribution in [0.5, 0.6) is 0 Å². The van der Waals surface area contributed by atoms with Crippen LogP contribution in [0.25, 0.3) is 10.1 Å². The van der Waals surface area contributed by atoms with E-state index in [0.29, 0.717) is 17.1 Å². The summed E-state index contributed by atoms with van der Waals surface area (Å²) in [7, 11) is 0. The molecular weight excluding hydrogens is 286 g/mol. The molecule has 0 aliphatic rings. The number of nitrogens with one attached hydrogen (secondary N) is 1. The van der Waals surface area contributed by atoms with Gasteiger partial charge in [-0.3, -0.25) is 9.78 Å². The van der Waals surface area contributed by atoms with Gasteiger partial charge in [0.05, 0.1) is 16.5 Å². The Kier molecular flexibility index (Phi) is 5.52. The molecule has 0 bridgehead atoms. The monoisotopic (exact) mass is 307 g/mol. The van der Waals surface area contributed by atoms with Gasteiger partial charge in [0.1, 0.15) is 4.88 Å². The molecule has 3 N–H and O–H groups in total. The van der Waals surface area contributed by atoms with E-state index in [1.54, 1.807) is 12.4 Å². The van der Waals surface area contributed by atoms with Gasteiger partial charge in [-0.2, -0.15) is 0 Å². The lowest BCUT2D eigenvalue weighted by Gasteiger charge is -2.07. The van der Waals surface area contributed by atoms with E-state index in [4.69, 9.17) is 10.5 Å². The molecule has 2 aromatic heterocycles. The summed E-state index contributed by atoms with van der Waals surface area (Å²) >= 11 is 1.38. The number of thiophene rings is 1. The van der Waals surface area contributed by atoms with Crippen molar-refractivity contribution in [1.29, 1.82) is 0 Å². The Labute approximate surface area is 128 Å². The molecule has 2 heterocycles. The first-order valence-corrected chi connectivity index (χ1v) is 7.93. The minimum Gasteiger partial charge on any atom is -0.397 e. The number of carbonyl (C=O) groups is 1. The van der Waals surface area contributed by atoms with Crippen LogP contribution in [-0.4, -0.2) is 30.1 Å². The highest BCUT2D eigenvalue weighted by Gasteiger charge is 2.15. The van der Waals surface area contributed by atoms with Gasteiger partial charge >= 0.3 is 0 Å². The molecule has 0 unspecified atom stereocenters. The Morgan fingerprint density at radius 2 is 2.29 bits per heavy atom. The first kappa shape index (κ1) is 15.7. The van der Waals surface area contributed by atoms with Crippen LogP contribution in [0.3, 0.4) is 0 Å². The summed E-state index contributed by atoms with van der Waals surface area (Å²) < 4.78 is 6.39. The van der Waals surface area contributed by atoms with E-state index < -0.39 is 0 Å². The number of unbranched alkanes of at least 4 members (excludes halogenated alkanes) is 1. The number of aromatic nitrogens is 1. The van der Waals surface area contributed by atoms with Crippen molar-refractivity contribution in [3.63, 3.8) is 0 Å². The molecule has 0 spiro atoms. The molecule has 0 aromatic carbocycles. The SMILES string of the molecule is CC(C)OCCCCNC(=O)c1sc2cnccc2c1N. The van der Waals surface area contributed by atoms with E-state index in [1.807, 2.05) is 19.9 Å². The highest BCUT2D eigenvalue weighted by atomic mass is 32.1. The lowest BCUT2D eigenvalue weighted by molar-refractivity contribution is 0.0754. The molecule has 1 amide bonds. The molecule has 0 saturated heterocycles. The Balaban J connectivity index is 1.84. The first-order valence-electron chi connectivity index (χ1n) is 7.11. The third-order valence-corrected chi connectivity index (χ3v) is 4.20. The molecule has 2 aromatic rings. The van der Waals surface area contributed by atoms with E-state index in [0.717, 1.165) is 29.5 Å². The number of nitrogen functional groups attached to an aromatic ring is 1. The second kappa shape index (κ2) is 7.38. The Morgan fingerprint density at radius 3 is 3.00 bits per heavy atom. The van der Waals surface area contributed by atoms with Crippen LogP contribution in [0.4, 0.5) is 5.69 Å². The summed E-state index contributed by atoms with van der Waals surface area (Å²) in [5, 5.41) is 3.80. The number of anilines is 1. The van der Waals surface area contributed by atoms with Gasteiger partial charge in [0.25, 0.3) is 5.91 Å².